The quantitative estimate of drug-likeness (QED) is 0.0299. The zero-order valence-corrected chi connectivity index (χ0v) is 46.9. The minimum atomic E-state index is -1.00. The Kier molecular flexibility index (Phi) is 20.3. The molecule has 3 atom stereocenters. The number of amides is 5. The van der Waals surface area contributed by atoms with E-state index in [4.69, 9.17) is 19.2 Å². The molecule has 1 fully saturated rings. The predicted octanol–water partition coefficient (Wildman–Crippen LogP) is 5.27. The Morgan fingerprint density at radius 2 is 1.71 bits per heavy atom. The minimum Gasteiger partial charge on any atom is -0.494 e. The Bertz CT molecular complexity index is 3100. The second-order valence-electron chi connectivity index (χ2n) is 20.4. The first-order valence-corrected chi connectivity index (χ1v) is 26.9. The molecule has 0 spiro atoms. The number of likely N-dealkylation sites (tertiary alicyclic amines) is 1. The second kappa shape index (κ2) is 27.2. The fraction of sp³-hybridized carbons (Fsp3) is 0.404. The number of carbonyl (C=O) groups excluding carboxylic acids is 5. The monoisotopic (exact) mass is 1100 g/mol. The summed E-state index contributed by atoms with van der Waals surface area (Å²) < 4.78 is 19.0. The topological polar surface area (TPSA) is 247 Å². The number of rotatable bonds is 26. The summed E-state index contributed by atoms with van der Waals surface area (Å²) >= 11 is 1.56. The van der Waals surface area contributed by atoms with Crippen molar-refractivity contribution in [3.63, 3.8) is 0 Å². The SMILES string of the molecule is C=CC(=O)Nc1cc(Nc2nccc(-c3cn(C)c4ccccc34)n2)c(OC)cc1N(C)CCN(C)CC(=O)NCCOCCOCC(=O)N[C@H](C(=O)N1C[C@H](O)C[C@H]1C(=O)NCc1ccc(-c2scnc2C)cc1)C(C)(C)C. The molecule has 0 aliphatic carbocycles. The normalized spacial score (nSPS) is 14.7. The number of carbonyl (C=O) groups is 5. The molecule has 3 aromatic heterocycles. The number of aryl methyl sites for hydroxylation is 2. The number of hydrogen-bond donors (Lipinski definition) is 6. The molecule has 5 amide bonds. The number of aliphatic hydroxyl groups excluding tert-OH is 1. The molecule has 0 saturated carbocycles. The maximum Gasteiger partial charge on any atom is 0.247 e. The summed E-state index contributed by atoms with van der Waals surface area (Å²) in [6.45, 7) is 12.6. The van der Waals surface area contributed by atoms with Crippen LogP contribution in [0.2, 0.25) is 0 Å². The van der Waals surface area contributed by atoms with Gasteiger partial charge in [0.1, 0.15) is 24.4 Å². The van der Waals surface area contributed by atoms with Crippen molar-refractivity contribution in [3.8, 4) is 27.4 Å². The Balaban J connectivity index is 0.809. The lowest BCUT2D eigenvalue weighted by molar-refractivity contribution is -0.144. The van der Waals surface area contributed by atoms with Crippen molar-refractivity contribution in [1.82, 2.24) is 45.3 Å². The number of aromatic nitrogens is 4. The van der Waals surface area contributed by atoms with Gasteiger partial charge in [-0.25, -0.2) is 15.0 Å². The van der Waals surface area contributed by atoms with Crippen molar-refractivity contribution in [3.05, 3.63) is 109 Å². The summed E-state index contributed by atoms with van der Waals surface area (Å²) in [5.74, 6) is -1.17. The van der Waals surface area contributed by atoms with Crippen LogP contribution in [-0.4, -0.2) is 163 Å². The van der Waals surface area contributed by atoms with Gasteiger partial charge in [0, 0.05) is 88.2 Å². The lowest BCUT2D eigenvalue weighted by atomic mass is 9.85. The van der Waals surface area contributed by atoms with Crippen LogP contribution in [-0.2, 0) is 47.0 Å². The molecule has 6 aromatic rings. The van der Waals surface area contributed by atoms with Gasteiger partial charge in [-0.3, -0.25) is 28.9 Å². The summed E-state index contributed by atoms with van der Waals surface area (Å²) in [6.07, 6.45) is 4.09. The van der Waals surface area contributed by atoms with Gasteiger partial charge in [0.15, 0.2) is 0 Å². The zero-order valence-electron chi connectivity index (χ0n) is 46.1. The van der Waals surface area contributed by atoms with Crippen molar-refractivity contribution >= 4 is 74.8 Å². The minimum absolute atomic E-state index is 0.0421. The third-order valence-electron chi connectivity index (χ3n) is 13.4. The number of likely N-dealkylation sites (N-methyl/N-ethyl adjacent to an activating group) is 2. The van der Waals surface area contributed by atoms with Gasteiger partial charge < -0.3 is 60.3 Å². The van der Waals surface area contributed by atoms with Crippen LogP contribution in [0.4, 0.5) is 23.0 Å². The summed E-state index contributed by atoms with van der Waals surface area (Å²) in [6, 6.07) is 19.4. The van der Waals surface area contributed by atoms with Crippen molar-refractivity contribution in [2.45, 2.75) is 58.8 Å². The number of β-amino-alcohol motifs (C(OH)–C–C–N with tert-alkyl or cyclic N) is 1. The molecule has 1 aliphatic heterocycles. The molecule has 7 rings (SSSR count). The molecular formula is C57H72N12O9S. The Morgan fingerprint density at radius 1 is 0.949 bits per heavy atom. The largest absolute Gasteiger partial charge is 0.494 e. The molecule has 1 aliphatic rings. The molecule has 1 saturated heterocycles. The first-order chi connectivity index (χ1) is 37.8. The Hall–Kier alpha value is -7.76. The summed E-state index contributed by atoms with van der Waals surface area (Å²) in [5.41, 5.74) is 8.40. The molecule has 6 N–H and O–H groups in total. The third-order valence-corrected chi connectivity index (χ3v) is 14.3. The van der Waals surface area contributed by atoms with E-state index in [0.717, 1.165) is 43.9 Å². The maximum atomic E-state index is 14.0. The number of fused-ring (bicyclic) bond motifs is 1. The van der Waals surface area contributed by atoms with E-state index in [-0.39, 0.29) is 64.9 Å². The van der Waals surface area contributed by atoms with E-state index in [2.05, 4.69) is 59.8 Å². The number of thiazole rings is 1. The van der Waals surface area contributed by atoms with E-state index in [0.29, 0.717) is 41.8 Å². The lowest BCUT2D eigenvalue weighted by Gasteiger charge is -2.35. The van der Waals surface area contributed by atoms with Gasteiger partial charge in [0.25, 0.3) is 0 Å². The average Bonchev–Trinajstić information content (AvgIpc) is 4.22. The van der Waals surface area contributed by atoms with Crippen LogP contribution < -0.4 is 36.2 Å². The molecule has 22 heteroatoms. The zero-order chi connectivity index (χ0) is 56.8. The molecule has 4 heterocycles. The third kappa shape index (κ3) is 15.7. The van der Waals surface area contributed by atoms with Gasteiger partial charge in [0.05, 0.1) is 78.4 Å². The van der Waals surface area contributed by atoms with E-state index >= 15 is 0 Å². The molecular weight excluding hydrogens is 1030 g/mol. The fourth-order valence-corrected chi connectivity index (χ4v) is 9.93. The van der Waals surface area contributed by atoms with E-state index in [1.54, 1.807) is 36.2 Å². The predicted molar refractivity (Wildman–Crippen MR) is 306 cm³/mol. The molecule has 79 heavy (non-hydrogen) atoms. The van der Waals surface area contributed by atoms with Crippen LogP contribution >= 0.6 is 11.3 Å². The number of anilines is 4. The van der Waals surface area contributed by atoms with Crippen LogP contribution in [0.25, 0.3) is 32.6 Å². The van der Waals surface area contributed by atoms with Crippen molar-refractivity contribution < 1.29 is 43.3 Å². The van der Waals surface area contributed by atoms with E-state index in [1.165, 1.54) is 11.0 Å². The van der Waals surface area contributed by atoms with Crippen molar-refractivity contribution in [2.75, 3.05) is 95.9 Å². The van der Waals surface area contributed by atoms with E-state index < -0.39 is 47.2 Å². The molecule has 420 valence electrons. The highest BCUT2D eigenvalue weighted by molar-refractivity contribution is 7.13. The van der Waals surface area contributed by atoms with Gasteiger partial charge in [-0.05, 0) is 54.8 Å². The number of benzene rings is 3. The number of ether oxygens (including phenoxy) is 3. The van der Waals surface area contributed by atoms with Gasteiger partial charge in [0.2, 0.25) is 35.5 Å². The van der Waals surface area contributed by atoms with Crippen LogP contribution in [0, 0.1) is 12.3 Å². The molecule has 3 aromatic carbocycles. The van der Waals surface area contributed by atoms with Gasteiger partial charge in [-0.15, -0.1) is 11.3 Å². The highest BCUT2D eigenvalue weighted by atomic mass is 32.1. The Labute approximate surface area is 464 Å². The van der Waals surface area contributed by atoms with Crippen LogP contribution in [0.15, 0.2) is 97.3 Å². The van der Waals surface area contributed by atoms with Gasteiger partial charge >= 0.3 is 0 Å². The number of nitrogens with one attached hydrogen (secondary N) is 5. The van der Waals surface area contributed by atoms with Crippen LogP contribution in [0.1, 0.15) is 38.4 Å². The highest BCUT2D eigenvalue weighted by Crippen LogP contribution is 2.39. The number of methoxy groups -OCH3 is 1. The fourth-order valence-electron chi connectivity index (χ4n) is 9.12. The summed E-state index contributed by atoms with van der Waals surface area (Å²) in [4.78, 5) is 85.9. The van der Waals surface area contributed by atoms with Crippen molar-refractivity contribution in [1.29, 1.82) is 0 Å². The first-order valence-electron chi connectivity index (χ1n) is 26.0. The molecule has 0 unspecified atom stereocenters. The van der Waals surface area contributed by atoms with Crippen LogP contribution in [0.3, 0.4) is 0 Å². The van der Waals surface area contributed by atoms with Gasteiger partial charge in [-0.2, -0.15) is 0 Å². The average molecular weight is 1100 g/mol. The summed E-state index contributed by atoms with van der Waals surface area (Å²) in [5, 5.41) is 26.4. The molecule has 0 bridgehead atoms. The van der Waals surface area contributed by atoms with E-state index in [9.17, 15) is 29.1 Å². The van der Waals surface area contributed by atoms with E-state index in [1.807, 2.05) is 113 Å². The lowest BCUT2D eigenvalue weighted by Crippen LogP contribution is -2.58. The highest BCUT2D eigenvalue weighted by Gasteiger charge is 2.44. The second-order valence-corrected chi connectivity index (χ2v) is 21.3. The number of nitrogens with zero attached hydrogens (tertiary/aromatic N) is 7. The number of hydrogen-bond acceptors (Lipinski definition) is 16. The molecule has 0 radical (unpaired) electrons. The van der Waals surface area contributed by atoms with Gasteiger partial charge in [-0.1, -0.05) is 69.8 Å². The Morgan fingerprint density at radius 3 is 2.43 bits per heavy atom. The van der Waals surface area contributed by atoms with Crippen molar-refractivity contribution in [2.24, 2.45) is 12.5 Å². The summed E-state index contributed by atoms with van der Waals surface area (Å²) in [7, 11) is 7.26. The molecule has 21 nitrogen and oxygen atoms in total. The number of aliphatic hydroxyl groups is 1. The number of para-hydroxylation sites is 1. The standard InChI is InChI=1S/C57H72N12O9S/c1-10-49(71)62-43-28-44(64-56-59-20-19-42(63-56)41-32-68(8)45-14-12-11-13-40(41)45)48(76-9)29-46(43)67(7)23-22-66(6)33-50(72)58-21-24-77-25-26-78-34-51(73)65-53(57(3,4)5)55(75)69-31-39(70)27-47(69)54(74)60-30-37-15-17-38(18-16-37)52-36(2)61-35-79-52/h10-20,28-29,32,35,39,47,53,70H,1,21-27,30-31,33-34H2,2-9H3,(H,58,72)(H,60,74)(H,62,71)(H,65,73)(H,59,63,64)/t39-,47+,53-/m1/s1. The first kappa shape index (κ1) is 58.9. The van der Waals surface area contributed by atoms with Crippen LogP contribution in [0.5, 0.6) is 5.75 Å². The maximum absolute atomic E-state index is 14.0. The smallest absolute Gasteiger partial charge is 0.247 e.